The third-order valence-electron chi connectivity index (χ3n) is 3.18. The van der Waals surface area contributed by atoms with Crippen molar-refractivity contribution >= 4 is 0 Å². The minimum atomic E-state index is -0.0266. The summed E-state index contributed by atoms with van der Waals surface area (Å²) in [6.07, 6.45) is 0. The zero-order chi connectivity index (χ0) is 11.1. The van der Waals surface area contributed by atoms with Crippen LogP contribution in [0.4, 0.5) is 0 Å². The van der Waals surface area contributed by atoms with Crippen molar-refractivity contribution < 1.29 is 4.74 Å². The molecule has 0 aliphatic heterocycles. The van der Waals surface area contributed by atoms with Crippen molar-refractivity contribution in [3.05, 3.63) is 53.6 Å². The van der Waals surface area contributed by atoms with E-state index < -0.39 is 0 Å². The Hall–Kier alpha value is -1.80. The molecular formula is C14H13NO. The first kappa shape index (κ1) is 9.43. The number of ether oxygens (including phenoxy) is 1. The maximum atomic E-state index is 6.23. The maximum absolute atomic E-state index is 6.23. The molecule has 2 N–H and O–H groups in total. The van der Waals surface area contributed by atoms with Crippen LogP contribution in [-0.4, -0.2) is 7.11 Å². The summed E-state index contributed by atoms with van der Waals surface area (Å²) in [5, 5.41) is 0. The highest BCUT2D eigenvalue weighted by Crippen LogP contribution is 2.43. The SMILES string of the molecule is COc1ccc2c(c1)C(N)c1ccccc1-2. The summed E-state index contributed by atoms with van der Waals surface area (Å²) in [4.78, 5) is 0. The van der Waals surface area contributed by atoms with Crippen LogP contribution in [0.3, 0.4) is 0 Å². The van der Waals surface area contributed by atoms with Gasteiger partial charge in [0.25, 0.3) is 0 Å². The van der Waals surface area contributed by atoms with Gasteiger partial charge < -0.3 is 10.5 Å². The number of hydrogen-bond donors (Lipinski definition) is 1. The molecule has 1 unspecified atom stereocenters. The fourth-order valence-electron chi connectivity index (χ4n) is 2.35. The second-order valence-electron chi connectivity index (χ2n) is 4.02. The fourth-order valence-corrected chi connectivity index (χ4v) is 2.35. The minimum absolute atomic E-state index is 0.0266. The summed E-state index contributed by atoms with van der Waals surface area (Å²) in [6, 6.07) is 14.3. The third kappa shape index (κ3) is 1.17. The Morgan fingerprint density at radius 3 is 2.56 bits per heavy atom. The number of rotatable bonds is 1. The summed E-state index contributed by atoms with van der Waals surface area (Å²) >= 11 is 0. The van der Waals surface area contributed by atoms with Gasteiger partial charge >= 0.3 is 0 Å². The van der Waals surface area contributed by atoms with E-state index >= 15 is 0 Å². The first-order chi connectivity index (χ1) is 7.81. The van der Waals surface area contributed by atoms with Gasteiger partial charge in [-0.05, 0) is 34.4 Å². The quantitative estimate of drug-likeness (QED) is 0.787. The van der Waals surface area contributed by atoms with E-state index in [1.165, 1.54) is 16.7 Å². The molecule has 0 bridgehead atoms. The van der Waals surface area contributed by atoms with Crippen LogP contribution < -0.4 is 10.5 Å². The van der Waals surface area contributed by atoms with E-state index in [-0.39, 0.29) is 6.04 Å². The highest BCUT2D eigenvalue weighted by atomic mass is 16.5. The minimum Gasteiger partial charge on any atom is -0.497 e. The lowest BCUT2D eigenvalue weighted by Crippen LogP contribution is -2.07. The van der Waals surface area contributed by atoms with Gasteiger partial charge in [-0.15, -0.1) is 0 Å². The lowest BCUT2D eigenvalue weighted by Gasteiger charge is -2.07. The Morgan fingerprint density at radius 2 is 1.75 bits per heavy atom. The second-order valence-corrected chi connectivity index (χ2v) is 4.02. The molecule has 0 fully saturated rings. The van der Waals surface area contributed by atoms with E-state index in [4.69, 9.17) is 10.5 Å². The van der Waals surface area contributed by atoms with Crippen molar-refractivity contribution in [3.8, 4) is 16.9 Å². The largest absolute Gasteiger partial charge is 0.497 e. The average molecular weight is 211 g/mol. The molecular weight excluding hydrogens is 198 g/mol. The van der Waals surface area contributed by atoms with Crippen LogP contribution >= 0.6 is 0 Å². The lowest BCUT2D eigenvalue weighted by molar-refractivity contribution is 0.414. The molecule has 2 aromatic rings. The first-order valence-electron chi connectivity index (χ1n) is 5.34. The van der Waals surface area contributed by atoms with Gasteiger partial charge in [0.05, 0.1) is 13.2 Å². The number of methoxy groups -OCH3 is 1. The summed E-state index contributed by atoms with van der Waals surface area (Å²) in [7, 11) is 1.68. The van der Waals surface area contributed by atoms with Crippen LogP contribution in [0, 0.1) is 0 Å². The molecule has 3 rings (SSSR count). The molecule has 0 spiro atoms. The van der Waals surface area contributed by atoms with E-state index in [1.807, 2.05) is 24.3 Å². The van der Waals surface area contributed by atoms with Crippen LogP contribution in [0.15, 0.2) is 42.5 Å². The second kappa shape index (κ2) is 3.35. The highest BCUT2D eigenvalue weighted by molar-refractivity contribution is 5.79. The monoisotopic (exact) mass is 211 g/mol. The topological polar surface area (TPSA) is 35.2 Å². The van der Waals surface area contributed by atoms with Crippen LogP contribution in [0.5, 0.6) is 5.75 Å². The van der Waals surface area contributed by atoms with Gasteiger partial charge in [0, 0.05) is 0 Å². The van der Waals surface area contributed by atoms with Crippen LogP contribution in [-0.2, 0) is 0 Å². The number of hydrogen-bond acceptors (Lipinski definition) is 2. The van der Waals surface area contributed by atoms with E-state index in [0.717, 1.165) is 11.3 Å². The van der Waals surface area contributed by atoms with Crippen molar-refractivity contribution in [2.24, 2.45) is 5.73 Å². The highest BCUT2D eigenvalue weighted by Gasteiger charge is 2.25. The molecule has 0 saturated heterocycles. The van der Waals surface area contributed by atoms with Crippen molar-refractivity contribution in [2.75, 3.05) is 7.11 Å². The summed E-state index contributed by atoms with van der Waals surface area (Å²) in [5.41, 5.74) is 11.0. The Balaban J connectivity index is 2.24. The average Bonchev–Trinajstić information content (AvgIpc) is 2.64. The molecule has 0 heterocycles. The van der Waals surface area contributed by atoms with Crippen LogP contribution in [0.2, 0.25) is 0 Å². The van der Waals surface area contributed by atoms with Gasteiger partial charge in [-0.3, -0.25) is 0 Å². The molecule has 0 amide bonds. The molecule has 2 heteroatoms. The molecule has 1 aliphatic carbocycles. The standard InChI is InChI=1S/C14H13NO/c1-16-9-6-7-11-10-4-2-3-5-12(10)14(15)13(11)8-9/h2-8,14H,15H2,1H3. The van der Waals surface area contributed by atoms with E-state index in [0.29, 0.717) is 0 Å². The van der Waals surface area contributed by atoms with Crippen molar-refractivity contribution in [2.45, 2.75) is 6.04 Å². The van der Waals surface area contributed by atoms with Crippen molar-refractivity contribution in [1.29, 1.82) is 0 Å². The molecule has 0 aromatic heterocycles. The third-order valence-corrected chi connectivity index (χ3v) is 3.18. The molecule has 2 nitrogen and oxygen atoms in total. The smallest absolute Gasteiger partial charge is 0.119 e. The fraction of sp³-hybridized carbons (Fsp3) is 0.143. The molecule has 2 aromatic carbocycles. The predicted molar refractivity (Wildman–Crippen MR) is 64.5 cm³/mol. The van der Waals surface area contributed by atoms with E-state index in [1.54, 1.807) is 7.11 Å². The lowest BCUT2D eigenvalue weighted by atomic mass is 10.1. The van der Waals surface area contributed by atoms with Gasteiger partial charge in [0.15, 0.2) is 0 Å². The number of fused-ring (bicyclic) bond motifs is 3. The molecule has 16 heavy (non-hydrogen) atoms. The molecule has 80 valence electrons. The van der Waals surface area contributed by atoms with Gasteiger partial charge in [-0.1, -0.05) is 30.3 Å². The van der Waals surface area contributed by atoms with Crippen molar-refractivity contribution in [1.82, 2.24) is 0 Å². The van der Waals surface area contributed by atoms with Gasteiger partial charge in [-0.2, -0.15) is 0 Å². The summed E-state index contributed by atoms with van der Waals surface area (Å²) < 4.78 is 5.23. The molecule has 1 atom stereocenters. The first-order valence-corrected chi connectivity index (χ1v) is 5.34. The van der Waals surface area contributed by atoms with Crippen LogP contribution in [0.1, 0.15) is 17.2 Å². The zero-order valence-electron chi connectivity index (χ0n) is 9.10. The maximum Gasteiger partial charge on any atom is 0.119 e. The molecule has 0 saturated carbocycles. The van der Waals surface area contributed by atoms with Gasteiger partial charge in [0.1, 0.15) is 5.75 Å². The molecule has 0 radical (unpaired) electrons. The Bertz CT molecular complexity index is 548. The summed E-state index contributed by atoms with van der Waals surface area (Å²) in [5.74, 6) is 0.863. The van der Waals surface area contributed by atoms with Gasteiger partial charge in [-0.25, -0.2) is 0 Å². The van der Waals surface area contributed by atoms with Crippen molar-refractivity contribution in [3.63, 3.8) is 0 Å². The zero-order valence-corrected chi connectivity index (χ0v) is 9.10. The van der Waals surface area contributed by atoms with Gasteiger partial charge in [0.2, 0.25) is 0 Å². The molecule has 1 aliphatic rings. The summed E-state index contributed by atoms with van der Waals surface area (Å²) in [6.45, 7) is 0. The number of nitrogens with two attached hydrogens (primary N) is 1. The Labute approximate surface area is 94.7 Å². The normalized spacial score (nSPS) is 16.8. The Morgan fingerprint density at radius 1 is 1.00 bits per heavy atom. The number of benzene rings is 2. The van der Waals surface area contributed by atoms with E-state index in [9.17, 15) is 0 Å². The van der Waals surface area contributed by atoms with E-state index in [2.05, 4.69) is 18.2 Å². The predicted octanol–water partition coefficient (Wildman–Crippen LogP) is 2.72. The van der Waals surface area contributed by atoms with Crippen LogP contribution in [0.25, 0.3) is 11.1 Å². The Kier molecular flexibility index (Phi) is 1.98.